The van der Waals surface area contributed by atoms with Gasteiger partial charge in [-0.1, -0.05) is 13.8 Å². The lowest BCUT2D eigenvalue weighted by molar-refractivity contribution is -0.155. The standard InChI is InChI=1S/C9H17NO7S/c1-6(2)8(12)16-5-17-9(13)10-3-7(11)4-18(14)15/h6-7,11H,3-5H2,1-2H3,(H,10,13)(H,14,15)/t7-/m0/s1. The lowest BCUT2D eigenvalue weighted by Crippen LogP contribution is -2.35. The summed E-state index contributed by atoms with van der Waals surface area (Å²) in [5.74, 6) is -1.20. The Labute approximate surface area is 107 Å². The summed E-state index contributed by atoms with van der Waals surface area (Å²) >= 11 is -2.14. The molecule has 0 aliphatic rings. The maximum absolute atomic E-state index is 11.0. The molecular formula is C9H17NO7S. The Balaban J connectivity index is 3.66. The summed E-state index contributed by atoms with van der Waals surface area (Å²) in [6.07, 6.45) is -2.05. The first-order chi connectivity index (χ1) is 8.32. The quantitative estimate of drug-likeness (QED) is 0.325. The second-order valence-electron chi connectivity index (χ2n) is 3.69. The maximum atomic E-state index is 11.0. The third kappa shape index (κ3) is 8.90. The first-order valence-corrected chi connectivity index (χ1v) is 6.43. The van der Waals surface area contributed by atoms with Crippen molar-refractivity contribution in [1.29, 1.82) is 0 Å². The first kappa shape index (κ1) is 16.8. The topological polar surface area (TPSA) is 122 Å². The molecule has 0 aromatic heterocycles. The van der Waals surface area contributed by atoms with Crippen molar-refractivity contribution < 1.29 is 32.9 Å². The predicted molar refractivity (Wildman–Crippen MR) is 61.9 cm³/mol. The number of esters is 1. The van der Waals surface area contributed by atoms with E-state index < -0.39 is 36.0 Å². The Morgan fingerprint density at radius 3 is 2.44 bits per heavy atom. The van der Waals surface area contributed by atoms with Crippen molar-refractivity contribution >= 4 is 23.1 Å². The molecule has 1 unspecified atom stereocenters. The van der Waals surface area contributed by atoms with Gasteiger partial charge in [0.15, 0.2) is 11.1 Å². The molecule has 106 valence electrons. The molecule has 0 aromatic rings. The maximum Gasteiger partial charge on any atom is 0.410 e. The van der Waals surface area contributed by atoms with Gasteiger partial charge < -0.3 is 24.4 Å². The Morgan fingerprint density at radius 1 is 1.33 bits per heavy atom. The van der Waals surface area contributed by atoms with Crippen LogP contribution in [0.3, 0.4) is 0 Å². The highest BCUT2D eigenvalue weighted by atomic mass is 32.2. The lowest BCUT2D eigenvalue weighted by atomic mass is 10.2. The Bertz CT molecular complexity index is 307. The molecule has 0 aromatic carbocycles. The van der Waals surface area contributed by atoms with E-state index in [2.05, 4.69) is 14.8 Å². The number of carbonyl (C=O) groups excluding carboxylic acids is 2. The summed E-state index contributed by atoms with van der Waals surface area (Å²) in [6.45, 7) is 2.51. The minimum Gasteiger partial charge on any atom is -0.428 e. The molecule has 0 heterocycles. The SMILES string of the molecule is CC(C)C(=O)OCOC(=O)NC[C@H](O)CS(=O)O. The first-order valence-electron chi connectivity index (χ1n) is 5.15. The van der Waals surface area contributed by atoms with E-state index >= 15 is 0 Å². The molecule has 0 saturated carbocycles. The Hall–Kier alpha value is -1.19. The van der Waals surface area contributed by atoms with Gasteiger partial charge in [-0.25, -0.2) is 9.00 Å². The van der Waals surface area contributed by atoms with E-state index in [1.54, 1.807) is 13.8 Å². The summed E-state index contributed by atoms with van der Waals surface area (Å²) < 4.78 is 27.8. The van der Waals surface area contributed by atoms with E-state index in [0.29, 0.717) is 0 Å². The van der Waals surface area contributed by atoms with Crippen molar-refractivity contribution in [3.05, 3.63) is 0 Å². The molecule has 0 radical (unpaired) electrons. The highest BCUT2D eigenvalue weighted by molar-refractivity contribution is 7.79. The average Bonchev–Trinajstić information content (AvgIpc) is 2.25. The van der Waals surface area contributed by atoms with Crippen LogP contribution in [0.1, 0.15) is 13.8 Å². The van der Waals surface area contributed by atoms with Gasteiger partial charge in [0, 0.05) is 6.54 Å². The minimum atomic E-state index is -2.14. The van der Waals surface area contributed by atoms with Gasteiger partial charge in [0.1, 0.15) is 0 Å². The van der Waals surface area contributed by atoms with Crippen LogP contribution in [-0.4, -0.2) is 51.1 Å². The third-order valence-electron chi connectivity index (χ3n) is 1.68. The number of alkyl carbamates (subject to hydrolysis) is 1. The van der Waals surface area contributed by atoms with Crippen molar-refractivity contribution in [3.8, 4) is 0 Å². The molecule has 9 heteroatoms. The zero-order chi connectivity index (χ0) is 14.1. The van der Waals surface area contributed by atoms with Gasteiger partial charge in [0.25, 0.3) is 0 Å². The van der Waals surface area contributed by atoms with E-state index in [4.69, 9.17) is 9.66 Å². The molecule has 0 fully saturated rings. The summed E-state index contributed by atoms with van der Waals surface area (Å²) in [7, 11) is 0. The predicted octanol–water partition coefficient (Wildman–Crippen LogP) is -0.548. The average molecular weight is 283 g/mol. The van der Waals surface area contributed by atoms with E-state index in [0.717, 1.165) is 0 Å². The van der Waals surface area contributed by atoms with Crippen molar-refractivity contribution in [3.63, 3.8) is 0 Å². The Morgan fingerprint density at radius 2 is 1.94 bits per heavy atom. The highest BCUT2D eigenvalue weighted by Crippen LogP contribution is 1.95. The number of nitrogens with one attached hydrogen (secondary N) is 1. The molecule has 0 saturated heterocycles. The van der Waals surface area contributed by atoms with Crippen LogP contribution in [0.5, 0.6) is 0 Å². The van der Waals surface area contributed by atoms with Gasteiger partial charge >= 0.3 is 12.1 Å². The van der Waals surface area contributed by atoms with Crippen molar-refractivity contribution in [2.75, 3.05) is 19.1 Å². The van der Waals surface area contributed by atoms with Crippen LogP contribution in [0, 0.1) is 5.92 Å². The number of aliphatic hydroxyl groups is 1. The van der Waals surface area contributed by atoms with E-state index in [1.807, 2.05) is 0 Å². The molecule has 0 aliphatic carbocycles. The van der Waals surface area contributed by atoms with Crippen LogP contribution in [0.2, 0.25) is 0 Å². The molecule has 2 atom stereocenters. The normalized spacial score (nSPS) is 13.8. The fourth-order valence-electron chi connectivity index (χ4n) is 0.783. The number of ether oxygens (including phenoxy) is 2. The summed E-state index contributed by atoms with van der Waals surface area (Å²) in [4.78, 5) is 22.0. The lowest BCUT2D eigenvalue weighted by Gasteiger charge is -2.11. The van der Waals surface area contributed by atoms with Gasteiger partial charge in [-0.3, -0.25) is 4.79 Å². The smallest absolute Gasteiger partial charge is 0.410 e. The fraction of sp³-hybridized carbons (Fsp3) is 0.778. The van der Waals surface area contributed by atoms with Crippen molar-refractivity contribution in [2.24, 2.45) is 5.92 Å². The van der Waals surface area contributed by atoms with Crippen molar-refractivity contribution in [1.82, 2.24) is 5.32 Å². The second kappa shape index (κ2) is 8.84. The molecule has 8 nitrogen and oxygen atoms in total. The molecule has 0 spiro atoms. The van der Waals surface area contributed by atoms with Gasteiger partial charge in [0.05, 0.1) is 17.8 Å². The number of hydrogen-bond acceptors (Lipinski definition) is 6. The van der Waals surface area contributed by atoms with E-state index in [-0.39, 0.29) is 18.2 Å². The van der Waals surface area contributed by atoms with Crippen molar-refractivity contribution in [2.45, 2.75) is 20.0 Å². The molecule has 3 N–H and O–H groups in total. The van der Waals surface area contributed by atoms with Crippen LogP contribution in [0.4, 0.5) is 4.79 Å². The number of amides is 1. The monoisotopic (exact) mass is 283 g/mol. The third-order valence-corrected chi connectivity index (χ3v) is 2.35. The molecule has 0 rings (SSSR count). The summed E-state index contributed by atoms with van der Waals surface area (Å²) in [5.41, 5.74) is 0. The molecule has 0 bridgehead atoms. The number of rotatable bonds is 7. The van der Waals surface area contributed by atoms with E-state index in [9.17, 15) is 13.8 Å². The van der Waals surface area contributed by atoms with Gasteiger partial charge in [-0.15, -0.1) is 0 Å². The summed E-state index contributed by atoms with van der Waals surface area (Å²) in [5, 5.41) is 11.3. The van der Waals surface area contributed by atoms with Crippen LogP contribution in [-0.2, 0) is 25.3 Å². The largest absolute Gasteiger partial charge is 0.428 e. The van der Waals surface area contributed by atoms with Crippen LogP contribution in [0.25, 0.3) is 0 Å². The minimum absolute atomic E-state index is 0.233. The fourth-order valence-corrected chi connectivity index (χ4v) is 1.23. The Kier molecular flexibility index (Phi) is 8.25. The van der Waals surface area contributed by atoms with Crippen LogP contribution >= 0.6 is 0 Å². The second-order valence-corrected chi connectivity index (χ2v) is 4.67. The number of carbonyl (C=O) groups is 2. The number of aliphatic hydroxyl groups excluding tert-OH is 1. The van der Waals surface area contributed by atoms with E-state index in [1.165, 1.54) is 0 Å². The summed E-state index contributed by atoms with van der Waals surface area (Å²) in [6, 6.07) is 0. The molecule has 0 aliphatic heterocycles. The van der Waals surface area contributed by atoms with Crippen LogP contribution < -0.4 is 5.32 Å². The molecular weight excluding hydrogens is 266 g/mol. The zero-order valence-corrected chi connectivity index (χ0v) is 10.9. The molecule has 18 heavy (non-hydrogen) atoms. The van der Waals surface area contributed by atoms with Gasteiger partial charge in [0.2, 0.25) is 6.79 Å². The van der Waals surface area contributed by atoms with Gasteiger partial charge in [-0.2, -0.15) is 0 Å². The number of hydrogen-bond donors (Lipinski definition) is 3. The van der Waals surface area contributed by atoms with Gasteiger partial charge in [-0.05, 0) is 0 Å². The molecule has 1 amide bonds. The van der Waals surface area contributed by atoms with Crippen LogP contribution in [0.15, 0.2) is 0 Å². The highest BCUT2D eigenvalue weighted by Gasteiger charge is 2.12. The zero-order valence-electron chi connectivity index (χ0n) is 10.1.